The van der Waals surface area contributed by atoms with E-state index in [1.54, 1.807) is 0 Å². The number of nitriles is 1. The molecule has 1 heterocycles. The van der Waals surface area contributed by atoms with Crippen molar-refractivity contribution in [3.63, 3.8) is 0 Å². The van der Waals surface area contributed by atoms with Gasteiger partial charge < -0.3 is 10.0 Å². The molecule has 3 atom stereocenters. The molecule has 3 unspecified atom stereocenters. The number of halogens is 3. The topological polar surface area (TPSA) is 47.3 Å². The molecule has 1 aromatic carbocycles. The molecule has 1 aromatic rings. The predicted molar refractivity (Wildman–Crippen MR) is 70.6 cm³/mol. The minimum atomic E-state index is -4.44. The highest BCUT2D eigenvalue weighted by atomic mass is 19.4. The fourth-order valence-corrected chi connectivity index (χ4v) is 3.51. The summed E-state index contributed by atoms with van der Waals surface area (Å²) in [4.78, 5) is 1.93. The maximum Gasteiger partial charge on any atom is 0.416 e. The average Bonchev–Trinajstić information content (AvgIpc) is 2.99. The Bertz CT molecular complexity index is 594. The number of hydrogen-bond donors (Lipinski definition) is 1. The molecule has 6 heteroatoms. The van der Waals surface area contributed by atoms with Gasteiger partial charge in [0.2, 0.25) is 0 Å². The van der Waals surface area contributed by atoms with Gasteiger partial charge in [0, 0.05) is 19.0 Å². The van der Waals surface area contributed by atoms with E-state index in [9.17, 15) is 18.3 Å². The fraction of sp³-hybridized carbons (Fsp3) is 0.533. The van der Waals surface area contributed by atoms with Crippen LogP contribution in [0.4, 0.5) is 18.9 Å². The van der Waals surface area contributed by atoms with Gasteiger partial charge in [0.25, 0.3) is 0 Å². The standard InChI is InChI=1S/C15H15F3N2O/c16-15(17,18)11-2-3-13(10(5-11)6-19)20-7-9-1-4-14(21)12(9)8-20/h2-3,5,9,12,14,21H,1,4,7-8H2. The van der Waals surface area contributed by atoms with Crippen LogP contribution in [0.25, 0.3) is 0 Å². The van der Waals surface area contributed by atoms with E-state index in [1.807, 2.05) is 11.0 Å². The first-order valence-corrected chi connectivity index (χ1v) is 6.94. The van der Waals surface area contributed by atoms with Crippen LogP contribution in [0.2, 0.25) is 0 Å². The zero-order valence-electron chi connectivity index (χ0n) is 11.3. The Morgan fingerprint density at radius 2 is 2.00 bits per heavy atom. The summed E-state index contributed by atoms with van der Waals surface area (Å²) in [7, 11) is 0. The molecule has 1 saturated heterocycles. The molecular formula is C15H15F3N2O. The van der Waals surface area contributed by atoms with Gasteiger partial charge in [-0.25, -0.2) is 0 Å². The number of aliphatic hydroxyl groups is 1. The van der Waals surface area contributed by atoms with E-state index in [4.69, 9.17) is 5.26 Å². The van der Waals surface area contributed by atoms with Crippen LogP contribution in [0, 0.1) is 23.2 Å². The summed E-state index contributed by atoms with van der Waals surface area (Å²) in [5, 5.41) is 19.0. The summed E-state index contributed by atoms with van der Waals surface area (Å²) in [5.74, 6) is 0.535. The molecular weight excluding hydrogens is 281 g/mol. The van der Waals surface area contributed by atoms with Gasteiger partial charge in [-0.1, -0.05) is 0 Å². The Hall–Kier alpha value is -1.74. The van der Waals surface area contributed by atoms with Crippen LogP contribution in [0.15, 0.2) is 18.2 Å². The molecule has 112 valence electrons. The molecule has 21 heavy (non-hydrogen) atoms. The van der Waals surface area contributed by atoms with E-state index < -0.39 is 11.7 Å². The largest absolute Gasteiger partial charge is 0.416 e. The second-order valence-corrected chi connectivity index (χ2v) is 5.82. The molecule has 3 nitrogen and oxygen atoms in total. The van der Waals surface area contributed by atoms with Crippen molar-refractivity contribution in [3.05, 3.63) is 29.3 Å². The van der Waals surface area contributed by atoms with Crippen LogP contribution in [0.3, 0.4) is 0 Å². The number of benzene rings is 1. The first-order chi connectivity index (χ1) is 9.90. The number of nitrogens with zero attached hydrogens (tertiary/aromatic N) is 2. The highest BCUT2D eigenvalue weighted by molar-refractivity contribution is 5.61. The highest BCUT2D eigenvalue weighted by Crippen LogP contribution is 2.41. The van der Waals surface area contributed by atoms with Crippen molar-refractivity contribution in [2.45, 2.75) is 25.1 Å². The Morgan fingerprint density at radius 3 is 2.62 bits per heavy atom. The number of aliphatic hydroxyl groups excluding tert-OH is 1. The smallest absolute Gasteiger partial charge is 0.393 e. The molecule has 2 aliphatic rings. The summed E-state index contributed by atoms with van der Waals surface area (Å²) < 4.78 is 38.1. The van der Waals surface area contributed by atoms with Gasteiger partial charge in [0.1, 0.15) is 6.07 Å². The van der Waals surface area contributed by atoms with Crippen molar-refractivity contribution in [2.24, 2.45) is 11.8 Å². The molecule has 0 aromatic heterocycles. The summed E-state index contributed by atoms with van der Waals surface area (Å²) in [5.41, 5.74) is -0.228. The lowest BCUT2D eigenvalue weighted by Gasteiger charge is -2.22. The summed E-state index contributed by atoms with van der Waals surface area (Å²) in [6, 6.07) is 5.14. The van der Waals surface area contributed by atoms with Gasteiger partial charge in [-0.2, -0.15) is 18.4 Å². The molecule has 0 amide bonds. The summed E-state index contributed by atoms with van der Waals surface area (Å²) in [6.07, 6.45) is -3.05. The minimum Gasteiger partial charge on any atom is -0.393 e. The zero-order chi connectivity index (χ0) is 15.2. The van der Waals surface area contributed by atoms with Gasteiger partial charge >= 0.3 is 6.18 Å². The second-order valence-electron chi connectivity index (χ2n) is 5.82. The van der Waals surface area contributed by atoms with Crippen molar-refractivity contribution < 1.29 is 18.3 Å². The Balaban J connectivity index is 1.88. The molecule has 1 saturated carbocycles. The van der Waals surface area contributed by atoms with Gasteiger partial charge in [-0.05, 0) is 37.0 Å². The zero-order valence-corrected chi connectivity index (χ0v) is 11.3. The molecule has 0 spiro atoms. The Kier molecular flexibility index (Phi) is 3.33. The van der Waals surface area contributed by atoms with E-state index in [0.29, 0.717) is 24.7 Å². The number of fused-ring (bicyclic) bond motifs is 1. The Labute approximate surface area is 120 Å². The molecule has 3 rings (SSSR count). The molecule has 2 fully saturated rings. The number of anilines is 1. The highest BCUT2D eigenvalue weighted by Gasteiger charge is 2.42. The first-order valence-electron chi connectivity index (χ1n) is 6.94. The van der Waals surface area contributed by atoms with Crippen LogP contribution in [-0.2, 0) is 6.18 Å². The quantitative estimate of drug-likeness (QED) is 0.867. The number of hydrogen-bond acceptors (Lipinski definition) is 3. The maximum atomic E-state index is 12.7. The minimum absolute atomic E-state index is 0.0410. The van der Waals surface area contributed by atoms with E-state index in [-0.39, 0.29) is 17.6 Å². The monoisotopic (exact) mass is 296 g/mol. The third kappa shape index (κ3) is 2.46. The predicted octanol–water partition coefficient (Wildman–Crippen LogP) is 2.78. The van der Waals surface area contributed by atoms with Gasteiger partial charge in [0.15, 0.2) is 0 Å². The Morgan fingerprint density at radius 1 is 1.24 bits per heavy atom. The van der Waals surface area contributed by atoms with Gasteiger partial charge in [0.05, 0.1) is 22.9 Å². The lowest BCUT2D eigenvalue weighted by Crippen LogP contribution is -2.25. The summed E-state index contributed by atoms with van der Waals surface area (Å²) >= 11 is 0. The maximum absolute atomic E-state index is 12.7. The molecule has 1 N–H and O–H groups in total. The van der Waals surface area contributed by atoms with E-state index in [2.05, 4.69) is 0 Å². The van der Waals surface area contributed by atoms with Crippen molar-refractivity contribution in [1.29, 1.82) is 5.26 Å². The molecule has 1 aliphatic heterocycles. The third-order valence-electron chi connectivity index (χ3n) is 4.60. The van der Waals surface area contributed by atoms with Crippen molar-refractivity contribution >= 4 is 5.69 Å². The van der Waals surface area contributed by atoms with E-state index in [1.165, 1.54) is 6.07 Å². The lowest BCUT2D eigenvalue weighted by atomic mass is 10.00. The normalized spacial score (nSPS) is 28.5. The van der Waals surface area contributed by atoms with Crippen LogP contribution in [0.5, 0.6) is 0 Å². The number of alkyl halides is 3. The fourth-order valence-electron chi connectivity index (χ4n) is 3.51. The van der Waals surface area contributed by atoms with Crippen molar-refractivity contribution in [3.8, 4) is 6.07 Å². The van der Waals surface area contributed by atoms with Crippen LogP contribution >= 0.6 is 0 Å². The second kappa shape index (κ2) is 4.92. The van der Waals surface area contributed by atoms with Gasteiger partial charge in [-0.3, -0.25) is 0 Å². The molecule has 0 bridgehead atoms. The van der Waals surface area contributed by atoms with E-state index >= 15 is 0 Å². The van der Waals surface area contributed by atoms with Crippen LogP contribution in [-0.4, -0.2) is 24.3 Å². The first kappa shape index (κ1) is 14.2. The summed E-state index contributed by atoms with van der Waals surface area (Å²) in [6.45, 7) is 1.30. The van der Waals surface area contributed by atoms with Crippen molar-refractivity contribution in [2.75, 3.05) is 18.0 Å². The van der Waals surface area contributed by atoms with Gasteiger partial charge in [-0.15, -0.1) is 0 Å². The third-order valence-corrected chi connectivity index (χ3v) is 4.60. The molecule has 1 aliphatic carbocycles. The lowest BCUT2D eigenvalue weighted by molar-refractivity contribution is -0.137. The van der Waals surface area contributed by atoms with Crippen LogP contribution in [0.1, 0.15) is 24.0 Å². The van der Waals surface area contributed by atoms with Crippen molar-refractivity contribution in [1.82, 2.24) is 0 Å². The van der Waals surface area contributed by atoms with Crippen LogP contribution < -0.4 is 4.90 Å². The molecule has 0 radical (unpaired) electrons. The van der Waals surface area contributed by atoms with E-state index in [0.717, 1.165) is 25.0 Å². The number of rotatable bonds is 1. The SMILES string of the molecule is N#Cc1cc(C(F)(F)F)ccc1N1CC2CCC(O)C2C1. The average molecular weight is 296 g/mol.